The van der Waals surface area contributed by atoms with Crippen LogP contribution in [0.25, 0.3) is 5.57 Å². The molecule has 25 heavy (non-hydrogen) atoms. The Bertz CT molecular complexity index is 985. The van der Waals surface area contributed by atoms with Crippen LogP contribution in [0.4, 0.5) is 21.8 Å². The third kappa shape index (κ3) is 2.27. The summed E-state index contributed by atoms with van der Waals surface area (Å²) < 4.78 is 70.2. The number of allylic oxidation sites excluding steroid dienone is 2. The molecule has 0 fully saturated rings. The van der Waals surface area contributed by atoms with Crippen LogP contribution >= 0.6 is 11.6 Å². The average Bonchev–Trinajstić information content (AvgIpc) is 3.18. The van der Waals surface area contributed by atoms with E-state index in [1.54, 1.807) is 0 Å². The third-order valence-corrected chi connectivity index (χ3v) is 4.63. The first-order valence-corrected chi connectivity index (χ1v) is 7.70. The minimum absolute atomic E-state index is 0.0567. The lowest BCUT2D eigenvalue weighted by molar-refractivity contribution is -0.356. The number of alkyl halides is 3. The van der Waals surface area contributed by atoms with Crippen LogP contribution < -0.4 is 0 Å². The van der Waals surface area contributed by atoms with Gasteiger partial charge in [-0.05, 0) is 36.5 Å². The summed E-state index contributed by atoms with van der Waals surface area (Å²) in [6.45, 7) is -4.11. The fourth-order valence-electron chi connectivity index (χ4n) is 3.19. The van der Waals surface area contributed by atoms with Crippen molar-refractivity contribution in [3.63, 3.8) is 0 Å². The van der Waals surface area contributed by atoms with Gasteiger partial charge in [0.25, 0.3) is 0 Å². The van der Waals surface area contributed by atoms with Crippen LogP contribution in [0.2, 0.25) is 5.02 Å². The molecule has 1 aromatic carbocycles. The lowest BCUT2D eigenvalue weighted by Gasteiger charge is -2.31. The Balaban J connectivity index is 2.04. The quantitative estimate of drug-likeness (QED) is 0.503. The summed E-state index contributed by atoms with van der Waals surface area (Å²) in [6, 6.07) is 5.76. The van der Waals surface area contributed by atoms with Gasteiger partial charge in [-0.25, -0.2) is 0 Å². The van der Waals surface area contributed by atoms with Crippen molar-refractivity contribution >= 4 is 30.4 Å². The van der Waals surface area contributed by atoms with Crippen molar-refractivity contribution in [2.75, 3.05) is 0 Å². The largest absolute Gasteiger partial charge is 0.737 e. The van der Waals surface area contributed by atoms with Crippen LogP contribution in [-0.2, 0) is 6.18 Å². The minimum Gasteiger partial charge on any atom is -0.396 e. The number of halogens is 6. The zero-order chi connectivity index (χ0) is 18.0. The summed E-state index contributed by atoms with van der Waals surface area (Å²) in [4.78, 5) is 0. The highest BCUT2D eigenvalue weighted by Crippen LogP contribution is 2.42. The van der Waals surface area contributed by atoms with Crippen molar-refractivity contribution in [1.82, 2.24) is 4.48 Å². The van der Waals surface area contributed by atoms with Gasteiger partial charge < -0.3 is 17.6 Å². The Morgan fingerprint density at radius 1 is 1.12 bits per heavy atom. The Hall–Kier alpha value is -2.35. The molecule has 4 rings (SSSR count). The van der Waals surface area contributed by atoms with Gasteiger partial charge in [-0.3, -0.25) is 0 Å². The minimum atomic E-state index is -4.56. The van der Waals surface area contributed by atoms with Crippen molar-refractivity contribution in [1.29, 1.82) is 0 Å². The Kier molecular flexibility index (Phi) is 3.28. The van der Waals surface area contributed by atoms with Crippen molar-refractivity contribution < 1.29 is 26.3 Å². The van der Waals surface area contributed by atoms with Gasteiger partial charge in [0.1, 0.15) is 6.21 Å². The summed E-state index contributed by atoms with van der Waals surface area (Å²) in [6.07, 6.45) is 0.725. The first-order valence-electron chi connectivity index (χ1n) is 7.32. The highest BCUT2D eigenvalue weighted by atomic mass is 35.5. The van der Waals surface area contributed by atoms with Gasteiger partial charge >= 0.3 is 13.1 Å². The smallest absolute Gasteiger partial charge is 0.396 e. The molecule has 3 heterocycles. The van der Waals surface area contributed by atoms with Gasteiger partial charge in [0.15, 0.2) is 5.70 Å². The second-order valence-corrected chi connectivity index (χ2v) is 6.16. The van der Waals surface area contributed by atoms with Gasteiger partial charge in [-0.1, -0.05) is 11.6 Å². The molecule has 0 saturated heterocycles. The molecule has 1 aromatic heterocycles. The van der Waals surface area contributed by atoms with E-state index >= 15 is 0 Å². The molecule has 0 N–H and O–H groups in total. The summed E-state index contributed by atoms with van der Waals surface area (Å²) >= 11 is 6.13. The molecule has 0 amide bonds. The van der Waals surface area contributed by atoms with E-state index in [0.717, 1.165) is 27.2 Å². The van der Waals surface area contributed by atoms with E-state index in [-0.39, 0.29) is 27.6 Å². The maximum Gasteiger partial charge on any atom is 0.737 e. The van der Waals surface area contributed by atoms with E-state index < -0.39 is 18.7 Å². The number of rotatable bonds is 1. The molecule has 128 valence electrons. The predicted octanol–water partition coefficient (Wildman–Crippen LogP) is 4.81. The van der Waals surface area contributed by atoms with Crippen LogP contribution in [0.1, 0.15) is 16.8 Å². The van der Waals surface area contributed by atoms with E-state index in [9.17, 15) is 21.8 Å². The molecule has 0 aliphatic carbocycles. The maximum atomic E-state index is 14.7. The fraction of sp³-hybridized carbons (Fsp3) is 0.0625. The standard InChI is InChI=1S/C16H9BClF5N2/c18-12-6-5-10(16(19,20)21)9-11(12)15-13-3-1-7-24(13)17(22,23)25-8-2-4-14(15)25/h1-9H. The molecular weight excluding hydrogens is 361 g/mol. The van der Waals surface area contributed by atoms with Crippen molar-refractivity contribution in [2.45, 2.75) is 6.18 Å². The lowest BCUT2D eigenvalue weighted by atomic mass is 9.86. The molecule has 0 atom stereocenters. The average molecular weight is 371 g/mol. The first-order chi connectivity index (χ1) is 11.7. The number of aromatic nitrogens is 1. The molecular formula is C16H9BClF5N2. The zero-order valence-electron chi connectivity index (χ0n) is 12.4. The Labute approximate surface area is 144 Å². The van der Waals surface area contributed by atoms with Crippen LogP contribution in [0.3, 0.4) is 0 Å². The van der Waals surface area contributed by atoms with E-state index in [2.05, 4.69) is 0 Å². The molecule has 9 heteroatoms. The van der Waals surface area contributed by atoms with Crippen LogP contribution in [0.5, 0.6) is 0 Å². The van der Waals surface area contributed by atoms with E-state index in [0.29, 0.717) is 0 Å². The zero-order valence-corrected chi connectivity index (χ0v) is 13.2. The number of fused-ring (bicyclic) bond motifs is 2. The fourth-order valence-corrected chi connectivity index (χ4v) is 3.40. The predicted molar refractivity (Wildman–Crippen MR) is 85.7 cm³/mol. The molecule has 0 saturated carbocycles. The number of benzene rings is 1. The topological polar surface area (TPSA) is 7.94 Å². The van der Waals surface area contributed by atoms with E-state index in [4.69, 9.17) is 11.6 Å². The second kappa shape index (κ2) is 5.08. The maximum absolute atomic E-state index is 14.7. The molecule has 2 aromatic rings. The molecule has 0 spiro atoms. The summed E-state index contributed by atoms with van der Waals surface area (Å²) in [5.41, 5.74) is -0.352. The van der Waals surface area contributed by atoms with Crippen LogP contribution in [0, 0.1) is 0 Å². The normalized spacial score (nSPS) is 18.2. The van der Waals surface area contributed by atoms with Crippen LogP contribution in [-0.4, -0.2) is 22.1 Å². The van der Waals surface area contributed by atoms with Gasteiger partial charge in [0.05, 0.1) is 11.1 Å². The number of nitrogens with zero attached hydrogens (tertiary/aromatic N) is 2. The van der Waals surface area contributed by atoms with Gasteiger partial charge in [-0.15, -0.1) is 0 Å². The first kappa shape index (κ1) is 16.1. The third-order valence-electron chi connectivity index (χ3n) is 4.30. The molecule has 0 unspecified atom stereocenters. The molecule has 2 nitrogen and oxygen atoms in total. The molecule has 2 aliphatic heterocycles. The number of hydrogen-bond acceptors (Lipinski definition) is 0. The van der Waals surface area contributed by atoms with Gasteiger partial charge in [0, 0.05) is 28.4 Å². The highest BCUT2D eigenvalue weighted by Gasteiger charge is 2.51. The molecule has 0 radical (unpaired) electrons. The summed E-state index contributed by atoms with van der Waals surface area (Å²) in [5.74, 6) is 0. The molecule has 0 bridgehead atoms. The Morgan fingerprint density at radius 2 is 1.88 bits per heavy atom. The summed E-state index contributed by atoms with van der Waals surface area (Å²) in [5, 5.41) is 0.0567. The van der Waals surface area contributed by atoms with Crippen LogP contribution in [0.15, 0.2) is 54.4 Å². The number of hydrogen-bond donors (Lipinski definition) is 0. The van der Waals surface area contributed by atoms with E-state index in [1.807, 2.05) is 0 Å². The van der Waals surface area contributed by atoms with Crippen molar-refractivity contribution in [3.8, 4) is 0 Å². The van der Waals surface area contributed by atoms with Gasteiger partial charge in [-0.2, -0.15) is 13.2 Å². The lowest BCUT2D eigenvalue weighted by Crippen LogP contribution is -2.49. The Morgan fingerprint density at radius 3 is 2.60 bits per heavy atom. The SMILES string of the molecule is F[B-]1(F)n2cccc2C(c2cc(C(F)(F)F)ccc2Cl)=C2C=CC=[N+]21. The highest BCUT2D eigenvalue weighted by molar-refractivity contribution is 6.57. The van der Waals surface area contributed by atoms with Crippen molar-refractivity contribution in [3.05, 3.63) is 76.2 Å². The van der Waals surface area contributed by atoms with Gasteiger partial charge in [0.2, 0.25) is 0 Å². The second-order valence-electron chi connectivity index (χ2n) is 5.76. The monoisotopic (exact) mass is 370 g/mol. The summed E-state index contributed by atoms with van der Waals surface area (Å²) in [7, 11) is 0. The van der Waals surface area contributed by atoms with Crippen molar-refractivity contribution in [2.24, 2.45) is 0 Å². The van der Waals surface area contributed by atoms with E-state index in [1.165, 1.54) is 36.7 Å². The molecule has 2 aliphatic rings.